The van der Waals surface area contributed by atoms with E-state index >= 15 is 0 Å². The van der Waals surface area contributed by atoms with Gasteiger partial charge in [0.25, 0.3) is 0 Å². The number of carbonyl (C=O) groups is 1. The van der Waals surface area contributed by atoms with Crippen molar-refractivity contribution < 1.29 is 9.90 Å². The highest BCUT2D eigenvalue weighted by Gasteiger charge is 2.06. The van der Waals surface area contributed by atoms with Gasteiger partial charge in [0.2, 0.25) is 5.13 Å². The van der Waals surface area contributed by atoms with Gasteiger partial charge < -0.3 is 10.4 Å². The van der Waals surface area contributed by atoms with Crippen LogP contribution in [0.4, 0.5) is 5.13 Å². The number of aryl methyl sites for hydroxylation is 1. The third-order valence-electron chi connectivity index (χ3n) is 2.49. The number of nitrogens with zero attached hydrogens (tertiary/aromatic N) is 2. The predicted molar refractivity (Wildman–Crippen MR) is 81.5 cm³/mol. The highest BCUT2D eigenvalue weighted by Crippen LogP contribution is 2.25. The molecule has 20 heavy (non-hydrogen) atoms. The number of hydrogen-bond donors (Lipinski definition) is 2. The third kappa shape index (κ3) is 5.18. The molecule has 0 aliphatic rings. The van der Waals surface area contributed by atoms with Crippen molar-refractivity contribution in [2.24, 2.45) is 0 Å². The Kier molecular flexibility index (Phi) is 5.82. The number of carboxylic acid groups (broad SMARTS) is 1. The van der Waals surface area contributed by atoms with Gasteiger partial charge in [-0.15, -0.1) is 10.2 Å². The van der Waals surface area contributed by atoms with Crippen molar-refractivity contribution in [3.8, 4) is 0 Å². The summed E-state index contributed by atoms with van der Waals surface area (Å²) in [5.41, 5.74) is 1.32. The van der Waals surface area contributed by atoms with E-state index in [0.29, 0.717) is 4.34 Å². The molecule has 106 valence electrons. The van der Waals surface area contributed by atoms with Gasteiger partial charge in [0.15, 0.2) is 4.34 Å². The van der Waals surface area contributed by atoms with Gasteiger partial charge in [-0.3, -0.25) is 4.79 Å². The molecule has 0 fully saturated rings. The largest absolute Gasteiger partial charge is 0.481 e. The Bertz CT molecular complexity index is 546. The van der Waals surface area contributed by atoms with E-state index in [1.807, 2.05) is 18.2 Å². The fourth-order valence-corrected chi connectivity index (χ4v) is 3.09. The van der Waals surface area contributed by atoms with Crippen molar-refractivity contribution >= 4 is 34.2 Å². The normalized spacial score (nSPS) is 10.4. The number of rotatable bonds is 8. The number of aromatic nitrogens is 2. The summed E-state index contributed by atoms with van der Waals surface area (Å²) in [5, 5.41) is 20.4. The summed E-state index contributed by atoms with van der Waals surface area (Å²) in [6.45, 7) is 0.827. The molecule has 1 aromatic heterocycles. The molecule has 2 N–H and O–H groups in total. The van der Waals surface area contributed by atoms with Gasteiger partial charge in [0, 0.05) is 6.54 Å². The smallest absolute Gasteiger partial charge is 0.313 e. The molecule has 2 rings (SSSR count). The Labute approximate surface area is 125 Å². The third-order valence-corrected chi connectivity index (χ3v) is 4.49. The predicted octanol–water partition coefficient (Wildman–Crippen LogP) is 2.76. The van der Waals surface area contributed by atoms with Crippen LogP contribution in [0.5, 0.6) is 0 Å². The van der Waals surface area contributed by atoms with Gasteiger partial charge in [-0.25, -0.2) is 0 Å². The average Bonchev–Trinajstić information content (AvgIpc) is 2.90. The van der Waals surface area contributed by atoms with Crippen LogP contribution < -0.4 is 5.32 Å². The molecule has 0 saturated heterocycles. The molecule has 1 aromatic carbocycles. The second kappa shape index (κ2) is 7.86. The van der Waals surface area contributed by atoms with E-state index in [9.17, 15) is 4.79 Å². The highest BCUT2D eigenvalue weighted by atomic mass is 32.2. The minimum absolute atomic E-state index is 0.0165. The molecule has 0 saturated carbocycles. The molecule has 2 aromatic rings. The summed E-state index contributed by atoms with van der Waals surface area (Å²) in [5.74, 6) is -0.828. The summed E-state index contributed by atoms with van der Waals surface area (Å²) >= 11 is 2.58. The maximum absolute atomic E-state index is 10.4. The Balaban J connectivity index is 1.68. The zero-order valence-corrected chi connectivity index (χ0v) is 12.4. The van der Waals surface area contributed by atoms with E-state index < -0.39 is 5.97 Å². The van der Waals surface area contributed by atoms with Crippen LogP contribution in [0, 0.1) is 0 Å². The Morgan fingerprint density at radius 3 is 2.85 bits per heavy atom. The first-order chi connectivity index (χ1) is 9.74. The van der Waals surface area contributed by atoms with Gasteiger partial charge in [-0.2, -0.15) is 0 Å². The van der Waals surface area contributed by atoms with E-state index in [1.54, 1.807) is 0 Å². The van der Waals surface area contributed by atoms with Crippen LogP contribution in [0.1, 0.15) is 12.0 Å². The second-order valence-electron chi connectivity index (χ2n) is 4.07. The second-order valence-corrected chi connectivity index (χ2v) is 6.27. The highest BCUT2D eigenvalue weighted by molar-refractivity contribution is 8.01. The van der Waals surface area contributed by atoms with E-state index in [2.05, 4.69) is 27.6 Å². The quantitative estimate of drug-likeness (QED) is 0.577. The molecule has 0 atom stereocenters. The monoisotopic (exact) mass is 309 g/mol. The van der Waals surface area contributed by atoms with Crippen LogP contribution in [0.2, 0.25) is 0 Å². The Morgan fingerprint density at radius 1 is 1.30 bits per heavy atom. The molecule has 0 bridgehead atoms. The maximum atomic E-state index is 10.4. The summed E-state index contributed by atoms with van der Waals surface area (Å²) in [6, 6.07) is 10.3. The molecule has 0 radical (unpaired) electrons. The number of carboxylic acids is 1. The van der Waals surface area contributed by atoms with Crippen molar-refractivity contribution in [2.75, 3.05) is 17.6 Å². The lowest BCUT2D eigenvalue weighted by Crippen LogP contribution is -2.02. The minimum atomic E-state index is -0.845. The van der Waals surface area contributed by atoms with Gasteiger partial charge in [0.1, 0.15) is 0 Å². The van der Waals surface area contributed by atoms with Crippen molar-refractivity contribution in [1.82, 2.24) is 10.2 Å². The Morgan fingerprint density at radius 2 is 2.10 bits per heavy atom. The first-order valence-electron chi connectivity index (χ1n) is 6.20. The van der Waals surface area contributed by atoms with Gasteiger partial charge in [-0.05, 0) is 18.4 Å². The average molecular weight is 309 g/mol. The molecule has 0 unspecified atom stereocenters. The van der Waals surface area contributed by atoms with Crippen molar-refractivity contribution in [1.29, 1.82) is 0 Å². The minimum Gasteiger partial charge on any atom is -0.481 e. The lowest BCUT2D eigenvalue weighted by Gasteiger charge is -2.02. The number of hydrogen-bond acceptors (Lipinski definition) is 6. The summed E-state index contributed by atoms with van der Waals surface area (Å²) in [4.78, 5) is 10.4. The molecular formula is C13H15N3O2S2. The van der Waals surface area contributed by atoms with E-state index in [0.717, 1.165) is 24.5 Å². The van der Waals surface area contributed by atoms with E-state index in [4.69, 9.17) is 5.11 Å². The van der Waals surface area contributed by atoms with Gasteiger partial charge >= 0.3 is 5.97 Å². The number of nitrogens with one attached hydrogen (secondary N) is 1. The first kappa shape index (κ1) is 14.8. The van der Waals surface area contributed by atoms with Crippen LogP contribution in [-0.2, 0) is 11.2 Å². The Hall–Kier alpha value is -1.60. The zero-order chi connectivity index (χ0) is 14.2. The molecular weight excluding hydrogens is 294 g/mol. The molecule has 5 nitrogen and oxygen atoms in total. The van der Waals surface area contributed by atoms with Gasteiger partial charge in [0.05, 0.1) is 5.75 Å². The molecule has 1 heterocycles. The SMILES string of the molecule is O=C(O)CSc1nnc(NCCCc2ccccc2)s1. The van der Waals surface area contributed by atoms with Crippen molar-refractivity contribution in [3.05, 3.63) is 35.9 Å². The fourth-order valence-electron chi connectivity index (χ4n) is 1.60. The van der Waals surface area contributed by atoms with E-state index in [1.165, 1.54) is 28.7 Å². The number of anilines is 1. The number of aliphatic carboxylic acids is 1. The molecule has 0 aliphatic heterocycles. The van der Waals surface area contributed by atoms with Crippen LogP contribution >= 0.6 is 23.1 Å². The van der Waals surface area contributed by atoms with Crippen molar-refractivity contribution in [2.45, 2.75) is 17.2 Å². The van der Waals surface area contributed by atoms with E-state index in [-0.39, 0.29) is 5.75 Å². The lowest BCUT2D eigenvalue weighted by atomic mass is 10.1. The van der Waals surface area contributed by atoms with Crippen LogP contribution in [0.25, 0.3) is 0 Å². The lowest BCUT2D eigenvalue weighted by molar-refractivity contribution is -0.133. The summed E-state index contributed by atoms with van der Waals surface area (Å²) in [6.07, 6.45) is 2.04. The molecule has 7 heteroatoms. The van der Waals surface area contributed by atoms with Crippen molar-refractivity contribution in [3.63, 3.8) is 0 Å². The van der Waals surface area contributed by atoms with Crippen LogP contribution in [-0.4, -0.2) is 33.6 Å². The molecule has 0 amide bonds. The number of benzene rings is 1. The zero-order valence-electron chi connectivity index (χ0n) is 10.8. The summed E-state index contributed by atoms with van der Waals surface area (Å²) < 4.78 is 0.679. The summed E-state index contributed by atoms with van der Waals surface area (Å²) in [7, 11) is 0. The number of thioether (sulfide) groups is 1. The molecule has 0 aliphatic carbocycles. The maximum Gasteiger partial charge on any atom is 0.313 e. The standard InChI is InChI=1S/C13H15N3O2S2/c17-11(18)9-19-13-16-15-12(20-13)14-8-4-7-10-5-2-1-3-6-10/h1-3,5-6H,4,7-9H2,(H,14,15)(H,17,18). The van der Waals surface area contributed by atoms with Crippen LogP contribution in [0.3, 0.4) is 0 Å². The first-order valence-corrected chi connectivity index (χ1v) is 8.00. The topological polar surface area (TPSA) is 75.1 Å². The fraction of sp³-hybridized carbons (Fsp3) is 0.308. The molecule has 0 spiro atoms. The van der Waals surface area contributed by atoms with Crippen LogP contribution in [0.15, 0.2) is 34.7 Å². The van der Waals surface area contributed by atoms with Gasteiger partial charge in [-0.1, -0.05) is 53.4 Å².